The van der Waals surface area contributed by atoms with Gasteiger partial charge in [-0.05, 0) is 49.9 Å². The first-order valence-corrected chi connectivity index (χ1v) is 9.97. The first-order valence-electron chi connectivity index (χ1n) is 9.97. The van der Waals surface area contributed by atoms with Gasteiger partial charge in [-0.25, -0.2) is 9.97 Å². The molecule has 152 valence electrons. The lowest BCUT2D eigenvalue weighted by Gasteiger charge is -2.36. The van der Waals surface area contributed by atoms with E-state index in [-0.39, 0.29) is 23.9 Å². The molecule has 2 N–H and O–H groups in total. The van der Waals surface area contributed by atoms with Gasteiger partial charge in [-0.1, -0.05) is 12.1 Å². The van der Waals surface area contributed by atoms with Crippen molar-refractivity contribution >= 4 is 23.1 Å². The van der Waals surface area contributed by atoms with Gasteiger partial charge >= 0.3 is 0 Å². The SMILES string of the molecule is Cc1ccc2ncc(C(=O)NC3CC(NC(=O)c4cnc5ccc(C)cn45)C3)n2c1. The molecule has 4 heterocycles. The van der Waals surface area contributed by atoms with Crippen LogP contribution in [0.15, 0.2) is 49.1 Å². The second-order valence-corrected chi connectivity index (χ2v) is 7.97. The maximum atomic E-state index is 12.7. The molecule has 8 nitrogen and oxygen atoms in total. The van der Waals surface area contributed by atoms with Crippen molar-refractivity contribution < 1.29 is 9.59 Å². The summed E-state index contributed by atoms with van der Waals surface area (Å²) in [5.74, 6) is -0.305. The van der Waals surface area contributed by atoms with E-state index in [1.54, 1.807) is 21.2 Å². The minimum absolute atomic E-state index is 0.0302. The summed E-state index contributed by atoms with van der Waals surface area (Å²) in [7, 11) is 0. The van der Waals surface area contributed by atoms with Crippen LogP contribution in [0.5, 0.6) is 0 Å². The molecule has 0 atom stereocenters. The van der Waals surface area contributed by atoms with Crippen LogP contribution in [0.3, 0.4) is 0 Å². The van der Waals surface area contributed by atoms with Gasteiger partial charge in [0.2, 0.25) is 0 Å². The summed E-state index contributed by atoms with van der Waals surface area (Å²) in [6.45, 7) is 3.96. The van der Waals surface area contributed by atoms with E-state index in [1.807, 2.05) is 50.5 Å². The topological polar surface area (TPSA) is 92.8 Å². The number of fused-ring (bicyclic) bond motifs is 2. The number of aryl methyl sites for hydroxylation is 2. The summed E-state index contributed by atoms with van der Waals surface area (Å²) in [6.07, 6.45) is 8.38. The van der Waals surface area contributed by atoms with E-state index < -0.39 is 0 Å². The molecule has 0 aromatic carbocycles. The first kappa shape index (κ1) is 18.4. The molecule has 4 aromatic heterocycles. The van der Waals surface area contributed by atoms with Gasteiger partial charge in [-0.15, -0.1) is 0 Å². The van der Waals surface area contributed by atoms with Crippen molar-refractivity contribution in [3.63, 3.8) is 0 Å². The van der Waals surface area contributed by atoms with Crippen LogP contribution in [-0.2, 0) is 0 Å². The zero-order valence-corrected chi connectivity index (χ0v) is 16.8. The number of rotatable bonds is 4. The molecule has 0 spiro atoms. The third-order valence-corrected chi connectivity index (χ3v) is 5.58. The normalized spacial score (nSPS) is 18.3. The lowest BCUT2D eigenvalue weighted by atomic mass is 9.86. The summed E-state index contributed by atoms with van der Waals surface area (Å²) in [5, 5.41) is 6.07. The van der Waals surface area contributed by atoms with Gasteiger partial charge < -0.3 is 10.6 Å². The Morgan fingerprint density at radius 1 is 0.800 bits per heavy atom. The van der Waals surface area contributed by atoms with E-state index in [9.17, 15) is 9.59 Å². The summed E-state index contributed by atoms with van der Waals surface area (Å²) in [5.41, 5.74) is 4.64. The van der Waals surface area contributed by atoms with Crippen molar-refractivity contribution in [2.75, 3.05) is 0 Å². The maximum Gasteiger partial charge on any atom is 0.270 e. The second kappa shape index (κ2) is 6.98. The predicted molar refractivity (Wildman–Crippen MR) is 112 cm³/mol. The summed E-state index contributed by atoms with van der Waals surface area (Å²) >= 11 is 0. The molecule has 8 heteroatoms. The minimum Gasteiger partial charge on any atom is -0.348 e. The average molecular weight is 402 g/mol. The predicted octanol–water partition coefficient (Wildman–Crippen LogP) is 2.29. The third kappa shape index (κ3) is 3.20. The van der Waals surface area contributed by atoms with Gasteiger partial charge in [0, 0.05) is 24.5 Å². The Labute approximate surface area is 173 Å². The number of carbonyl (C=O) groups is 2. The molecule has 30 heavy (non-hydrogen) atoms. The molecule has 0 unspecified atom stereocenters. The van der Waals surface area contributed by atoms with Gasteiger partial charge in [0.15, 0.2) is 0 Å². The molecular weight excluding hydrogens is 380 g/mol. The quantitative estimate of drug-likeness (QED) is 0.548. The van der Waals surface area contributed by atoms with Crippen molar-refractivity contribution in [3.8, 4) is 0 Å². The number of hydrogen-bond acceptors (Lipinski definition) is 4. The van der Waals surface area contributed by atoms with Crippen molar-refractivity contribution in [1.29, 1.82) is 0 Å². The first-order chi connectivity index (χ1) is 14.5. The van der Waals surface area contributed by atoms with Gasteiger partial charge in [0.25, 0.3) is 11.8 Å². The maximum absolute atomic E-state index is 12.7. The summed E-state index contributed by atoms with van der Waals surface area (Å²) in [6, 6.07) is 7.78. The van der Waals surface area contributed by atoms with E-state index in [2.05, 4.69) is 20.6 Å². The molecule has 0 aliphatic heterocycles. The van der Waals surface area contributed by atoms with Gasteiger partial charge in [-0.2, -0.15) is 0 Å². The fourth-order valence-corrected chi connectivity index (χ4v) is 3.88. The number of aromatic nitrogens is 4. The number of amides is 2. The van der Waals surface area contributed by atoms with Crippen LogP contribution in [0.4, 0.5) is 0 Å². The molecule has 4 aromatic rings. The number of pyridine rings is 2. The largest absolute Gasteiger partial charge is 0.348 e. The second-order valence-electron chi connectivity index (χ2n) is 7.97. The number of nitrogens with one attached hydrogen (secondary N) is 2. The van der Waals surface area contributed by atoms with Crippen molar-refractivity contribution in [1.82, 2.24) is 29.4 Å². The molecule has 0 radical (unpaired) electrons. The van der Waals surface area contributed by atoms with Crippen LogP contribution >= 0.6 is 0 Å². The molecule has 0 saturated heterocycles. The fourth-order valence-electron chi connectivity index (χ4n) is 3.88. The van der Waals surface area contributed by atoms with Crippen molar-refractivity contribution in [2.45, 2.75) is 38.8 Å². The van der Waals surface area contributed by atoms with Crippen molar-refractivity contribution in [2.24, 2.45) is 0 Å². The average Bonchev–Trinajstić information content (AvgIpc) is 3.29. The zero-order chi connectivity index (χ0) is 20.8. The van der Waals surface area contributed by atoms with Gasteiger partial charge in [0.1, 0.15) is 22.7 Å². The lowest BCUT2D eigenvalue weighted by Crippen LogP contribution is -2.54. The highest BCUT2D eigenvalue weighted by Crippen LogP contribution is 2.21. The van der Waals surface area contributed by atoms with Gasteiger partial charge in [0.05, 0.1) is 12.4 Å². The van der Waals surface area contributed by atoms with E-state index in [0.29, 0.717) is 24.2 Å². The summed E-state index contributed by atoms with van der Waals surface area (Å²) in [4.78, 5) is 33.9. The molecule has 0 bridgehead atoms. The molecule has 1 saturated carbocycles. The Hall–Kier alpha value is -3.68. The Morgan fingerprint density at radius 3 is 1.67 bits per heavy atom. The Kier molecular flexibility index (Phi) is 4.27. The fraction of sp³-hybridized carbons (Fsp3) is 0.273. The molecule has 1 fully saturated rings. The van der Waals surface area contributed by atoms with Crippen LogP contribution in [0.2, 0.25) is 0 Å². The third-order valence-electron chi connectivity index (χ3n) is 5.58. The number of imidazole rings is 2. The standard InChI is InChI=1S/C22H22N6O2/c1-13-3-5-19-23-9-17(27(19)11-13)21(29)25-15-7-16(8-15)26-22(30)18-10-24-20-6-4-14(2)12-28(18)20/h3-6,9-12,15-16H,7-8H2,1-2H3,(H,25,29)(H,26,30). The zero-order valence-electron chi connectivity index (χ0n) is 16.8. The van der Waals surface area contributed by atoms with Gasteiger partial charge in [-0.3, -0.25) is 18.4 Å². The van der Waals surface area contributed by atoms with E-state index >= 15 is 0 Å². The number of hydrogen-bond donors (Lipinski definition) is 2. The van der Waals surface area contributed by atoms with E-state index in [0.717, 1.165) is 22.4 Å². The Balaban J connectivity index is 1.20. The molecular formula is C22H22N6O2. The summed E-state index contributed by atoms with van der Waals surface area (Å²) < 4.78 is 3.60. The highest BCUT2D eigenvalue weighted by molar-refractivity contribution is 5.94. The van der Waals surface area contributed by atoms with E-state index in [1.165, 1.54) is 0 Å². The Morgan fingerprint density at radius 2 is 1.23 bits per heavy atom. The van der Waals surface area contributed by atoms with Crippen LogP contribution in [0, 0.1) is 13.8 Å². The van der Waals surface area contributed by atoms with Crippen molar-refractivity contribution in [3.05, 3.63) is 71.6 Å². The van der Waals surface area contributed by atoms with Crippen LogP contribution in [0.25, 0.3) is 11.3 Å². The van der Waals surface area contributed by atoms with E-state index in [4.69, 9.17) is 0 Å². The molecule has 1 aliphatic rings. The molecule has 1 aliphatic carbocycles. The smallest absolute Gasteiger partial charge is 0.270 e. The number of nitrogens with zero attached hydrogens (tertiary/aromatic N) is 4. The Bertz CT molecular complexity index is 1180. The highest BCUT2D eigenvalue weighted by atomic mass is 16.2. The number of carbonyl (C=O) groups excluding carboxylic acids is 2. The van der Waals surface area contributed by atoms with Crippen LogP contribution in [0.1, 0.15) is 44.9 Å². The highest BCUT2D eigenvalue weighted by Gasteiger charge is 2.32. The molecule has 5 rings (SSSR count). The van der Waals surface area contributed by atoms with Crippen LogP contribution < -0.4 is 10.6 Å². The monoisotopic (exact) mass is 402 g/mol. The molecule has 2 amide bonds. The lowest BCUT2D eigenvalue weighted by molar-refractivity contribution is 0.0856. The minimum atomic E-state index is -0.153. The van der Waals surface area contributed by atoms with Crippen LogP contribution in [-0.4, -0.2) is 42.7 Å².